The van der Waals surface area contributed by atoms with E-state index in [-0.39, 0.29) is 0 Å². The number of para-hydroxylation sites is 2. The molecular weight excluding hydrogens is 857 g/mol. The maximum Gasteiger partial charge on any atom is 0.0491 e. The van der Waals surface area contributed by atoms with Crippen LogP contribution in [0.5, 0.6) is 0 Å². The van der Waals surface area contributed by atoms with Gasteiger partial charge in [-0.25, -0.2) is 0 Å². The van der Waals surface area contributed by atoms with Crippen LogP contribution >= 0.6 is 0 Å². The molecule has 13 rings (SSSR count). The van der Waals surface area contributed by atoms with Crippen molar-refractivity contribution in [3.8, 4) is 66.8 Å². The lowest BCUT2D eigenvalue weighted by atomic mass is 9.84. The highest BCUT2D eigenvalue weighted by Gasteiger charge is 2.19. The number of nitrogens with zero attached hydrogens (tertiary/aromatic N) is 2. The van der Waals surface area contributed by atoms with Crippen molar-refractivity contribution in [2.45, 2.75) is 46.7 Å². The molecule has 0 spiro atoms. The Morgan fingerprint density at radius 3 is 0.972 bits per heavy atom. The number of aryl methyl sites for hydroxylation is 2. The van der Waals surface area contributed by atoms with Gasteiger partial charge in [0.05, 0.1) is 0 Å². The Bertz CT molecular complexity index is 4160. The van der Waals surface area contributed by atoms with Gasteiger partial charge in [-0.05, 0) is 150 Å². The fourth-order valence-electron chi connectivity index (χ4n) is 11.7. The highest BCUT2D eigenvalue weighted by Crippen LogP contribution is 2.45. The van der Waals surface area contributed by atoms with Crippen LogP contribution in [0.4, 0.5) is 0 Å². The van der Waals surface area contributed by atoms with Gasteiger partial charge in [-0.15, -0.1) is 0 Å². The van der Waals surface area contributed by atoms with E-state index in [0.29, 0.717) is 5.92 Å². The first-order valence-corrected chi connectivity index (χ1v) is 25.4. The summed E-state index contributed by atoms with van der Waals surface area (Å²) in [6.07, 6.45) is 0. The van der Waals surface area contributed by atoms with Crippen molar-refractivity contribution in [2.75, 3.05) is 0 Å². The van der Waals surface area contributed by atoms with E-state index in [1.807, 2.05) is 0 Å². The number of aromatic nitrogens is 2. The summed E-state index contributed by atoms with van der Waals surface area (Å²) in [6, 6.07) is 84.2. The zero-order valence-electron chi connectivity index (χ0n) is 40.7. The van der Waals surface area contributed by atoms with Gasteiger partial charge in [0.25, 0.3) is 0 Å². The predicted molar refractivity (Wildman–Crippen MR) is 306 cm³/mol. The summed E-state index contributed by atoms with van der Waals surface area (Å²) < 4.78 is 4.83. The summed E-state index contributed by atoms with van der Waals surface area (Å²) in [5.41, 5.74) is 21.3. The first-order chi connectivity index (χ1) is 34.9. The fraction of sp³-hybridized carbons (Fsp3) is 0.101. The molecule has 0 unspecified atom stereocenters. The molecule has 2 heterocycles. The van der Waals surface area contributed by atoms with E-state index < -0.39 is 0 Å². The zero-order chi connectivity index (χ0) is 47.7. The Kier molecular flexibility index (Phi) is 10.3. The first-order valence-electron chi connectivity index (χ1n) is 25.4. The Morgan fingerprint density at radius 2 is 0.577 bits per heavy atom. The van der Waals surface area contributed by atoms with Gasteiger partial charge in [0.2, 0.25) is 0 Å². The average molecular weight is 911 g/mol. The van der Waals surface area contributed by atoms with Gasteiger partial charge >= 0.3 is 0 Å². The molecule has 340 valence electrons. The Labute approximate surface area is 415 Å². The van der Waals surface area contributed by atoms with Crippen molar-refractivity contribution in [1.29, 1.82) is 0 Å². The van der Waals surface area contributed by atoms with Crippen molar-refractivity contribution < 1.29 is 0 Å². The molecule has 0 atom stereocenters. The Balaban J connectivity index is 0.824. The summed E-state index contributed by atoms with van der Waals surface area (Å²) in [5, 5.41) is 10.3. The number of hydrogen-bond acceptors (Lipinski definition) is 0. The van der Waals surface area contributed by atoms with Crippen molar-refractivity contribution >= 4 is 65.2 Å². The van der Waals surface area contributed by atoms with Gasteiger partial charge in [-0.3, -0.25) is 0 Å². The third-order valence-electron chi connectivity index (χ3n) is 15.3. The summed E-state index contributed by atoms with van der Waals surface area (Å²) in [6.45, 7) is 10.9. The van der Waals surface area contributed by atoms with Crippen molar-refractivity contribution in [3.63, 3.8) is 0 Å². The molecule has 71 heavy (non-hydrogen) atoms. The minimum atomic E-state index is 0.405. The lowest BCUT2D eigenvalue weighted by Gasteiger charge is -2.19. The van der Waals surface area contributed by atoms with Crippen LogP contribution in [0.1, 0.15) is 39.2 Å². The minimum absolute atomic E-state index is 0.405. The van der Waals surface area contributed by atoms with Crippen LogP contribution < -0.4 is 0 Å². The minimum Gasteiger partial charge on any atom is -0.341 e. The molecule has 0 amide bonds. The van der Waals surface area contributed by atoms with E-state index in [1.54, 1.807) is 0 Å². The molecule has 13 aromatic rings. The van der Waals surface area contributed by atoms with Gasteiger partial charge in [0, 0.05) is 56.7 Å². The van der Waals surface area contributed by atoms with E-state index in [9.17, 15) is 0 Å². The average Bonchev–Trinajstić information content (AvgIpc) is 3.93. The van der Waals surface area contributed by atoms with E-state index in [4.69, 9.17) is 0 Å². The molecular formula is C69H54N2. The van der Waals surface area contributed by atoms with Crippen LogP contribution in [0.2, 0.25) is 0 Å². The second-order valence-electron chi connectivity index (χ2n) is 19.6. The van der Waals surface area contributed by atoms with Gasteiger partial charge in [-0.1, -0.05) is 202 Å². The van der Waals surface area contributed by atoms with Gasteiger partial charge in [-0.2, -0.15) is 0 Å². The van der Waals surface area contributed by atoms with Crippen LogP contribution in [0.15, 0.2) is 224 Å². The molecule has 0 N–H and O–H groups in total. The molecule has 0 aliphatic carbocycles. The highest BCUT2D eigenvalue weighted by molar-refractivity contribution is 6.21. The van der Waals surface area contributed by atoms with E-state index in [1.165, 1.54) is 137 Å². The summed E-state index contributed by atoms with van der Waals surface area (Å²) >= 11 is 0. The molecule has 2 aromatic heterocycles. The molecule has 2 heteroatoms. The van der Waals surface area contributed by atoms with Gasteiger partial charge in [0.1, 0.15) is 0 Å². The lowest BCUT2D eigenvalue weighted by molar-refractivity contribution is 0.827. The zero-order valence-corrected chi connectivity index (χ0v) is 40.7. The monoisotopic (exact) mass is 910 g/mol. The topological polar surface area (TPSA) is 9.86 Å². The summed E-state index contributed by atoms with van der Waals surface area (Å²) in [7, 11) is 0. The maximum absolute atomic E-state index is 2.45. The fourth-order valence-corrected chi connectivity index (χ4v) is 11.7. The van der Waals surface area contributed by atoms with Crippen molar-refractivity contribution in [3.05, 3.63) is 230 Å². The molecule has 0 aliphatic heterocycles. The van der Waals surface area contributed by atoms with Crippen LogP contribution in [0.3, 0.4) is 0 Å². The standard InChI is InChI=1S/C69H54N2/c1-5-70-64-17-11-9-13-56(64)61-42-54(36-39-66(61)70)49-23-19-45(20-24-49)47-27-31-51(32-28-47)68-58-15-7-8-16-59(58)69(63-41-53(44(3)4)35-38-60(63)68)52-33-29-48(30-34-52)46-21-25-50(26-22-46)55-37-40-67-62(43-55)57-14-10-12-18-65(57)71(67)6-2/h7-44H,5-6H2,1-4H3. The molecule has 11 aromatic carbocycles. The highest BCUT2D eigenvalue weighted by atomic mass is 15.0. The molecule has 0 bridgehead atoms. The molecule has 0 fully saturated rings. The first kappa shape index (κ1) is 42.6. The van der Waals surface area contributed by atoms with Crippen molar-refractivity contribution in [2.24, 2.45) is 0 Å². The Hall–Kier alpha value is -8.46. The van der Waals surface area contributed by atoms with Crippen LogP contribution in [0, 0.1) is 0 Å². The normalized spacial score (nSPS) is 11.9. The van der Waals surface area contributed by atoms with Crippen LogP contribution in [-0.2, 0) is 13.1 Å². The van der Waals surface area contributed by atoms with E-state index in [0.717, 1.165) is 13.1 Å². The van der Waals surface area contributed by atoms with Crippen LogP contribution in [-0.4, -0.2) is 9.13 Å². The molecule has 0 radical (unpaired) electrons. The van der Waals surface area contributed by atoms with Gasteiger partial charge in [0.15, 0.2) is 0 Å². The second kappa shape index (κ2) is 17.2. The number of fused-ring (bicyclic) bond motifs is 8. The van der Waals surface area contributed by atoms with Crippen molar-refractivity contribution in [1.82, 2.24) is 9.13 Å². The lowest BCUT2D eigenvalue weighted by Crippen LogP contribution is -1.94. The maximum atomic E-state index is 2.45. The largest absolute Gasteiger partial charge is 0.341 e. The molecule has 0 aliphatic rings. The number of rotatable bonds is 9. The second-order valence-corrected chi connectivity index (χ2v) is 19.6. The summed E-state index contributed by atoms with van der Waals surface area (Å²) in [5.74, 6) is 0.405. The third-order valence-corrected chi connectivity index (χ3v) is 15.3. The smallest absolute Gasteiger partial charge is 0.0491 e. The summed E-state index contributed by atoms with van der Waals surface area (Å²) in [4.78, 5) is 0. The number of benzene rings is 11. The molecule has 2 nitrogen and oxygen atoms in total. The SMILES string of the molecule is CCn1c2ccccc2c2cc(-c3ccc(-c4ccc(-c5c6ccccc6c(-c6ccc(-c7ccc(-c8ccc9c(c8)c8ccccc8n9CC)cc7)cc6)c6cc(C(C)C)ccc56)cc4)cc3)ccc21. The molecule has 0 saturated heterocycles. The quantitative estimate of drug-likeness (QED) is 0.128. The third kappa shape index (κ3) is 7.08. The Morgan fingerprint density at radius 1 is 0.268 bits per heavy atom. The van der Waals surface area contributed by atoms with E-state index in [2.05, 4.69) is 261 Å². The predicted octanol–water partition coefficient (Wildman–Crippen LogP) is 19.4. The van der Waals surface area contributed by atoms with E-state index >= 15 is 0 Å². The number of hydrogen-bond donors (Lipinski definition) is 0. The molecule has 0 saturated carbocycles. The van der Waals surface area contributed by atoms with Crippen LogP contribution in [0.25, 0.3) is 132 Å². The van der Waals surface area contributed by atoms with Gasteiger partial charge < -0.3 is 9.13 Å².